The number of aromatic nitrogens is 1. The van der Waals surface area contributed by atoms with Crippen LogP contribution in [0, 0.1) is 17.3 Å². The van der Waals surface area contributed by atoms with Crippen molar-refractivity contribution in [1.82, 2.24) is 10.3 Å². The van der Waals surface area contributed by atoms with E-state index in [0.29, 0.717) is 19.8 Å². The zero-order valence-corrected chi connectivity index (χ0v) is 24.6. The van der Waals surface area contributed by atoms with Gasteiger partial charge >= 0.3 is 0 Å². The van der Waals surface area contributed by atoms with Gasteiger partial charge in [-0.3, -0.25) is 4.79 Å². The molecule has 0 radical (unpaired) electrons. The van der Waals surface area contributed by atoms with E-state index in [-0.39, 0.29) is 23.2 Å². The van der Waals surface area contributed by atoms with E-state index in [0.717, 1.165) is 67.9 Å². The lowest BCUT2D eigenvalue weighted by Crippen LogP contribution is -2.48. The van der Waals surface area contributed by atoms with Gasteiger partial charge in [0.25, 0.3) is 0 Å². The maximum absolute atomic E-state index is 13.4. The predicted octanol–water partition coefficient (Wildman–Crippen LogP) is 6.72. The smallest absolute Gasteiger partial charge is 0.226 e. The molecule has 2 rings (SSSR count). The summed E-state index contributed by atoms with van der Waals surface area (Å²) in [6.07, 6.45) is 9.85. The zero-order valence-electron chi connectivity index (χ0n) is 23.8. The highest BCUT2D eigenvalue weighted by molar-refractivity contribution is 7.09. The van der Waals surface area contributed by atoms with Crippen LogP contribution < -0.4 is 14.8 Å². The first-order chi connectivity index (χ1) is 17.8. The van der Waals surface area contributed by atoms with E-state index in [1.54, 1.807) is 25.6 Å². The van der Waals surface area contributed by atoms with Gasteiger partial charge in [-0.2, -0.15) is 0 Å². The van der Waals surface area contributed by atoms with Crippen molar-refractivity contribution in [2.75, 3.05) is 34.0 Å². The highest BCUT2D eigenvalue weighted by Crippen LogP contribution is 2.41. The van der Waals surface area contributed by atoms with Crippen molar-refractivity contribution in [2.45, 2.75) is 79.1 Å². The average Bonchev–Trinajstić information content (AvgIpc) is 3.39. The van der Waals surface area contributed by atoms with Crippen LogP contribution in [0.3, 0.4) is 0 Å². The van der Waals surface area contributed by atoms with E-state index in [9.17, 15) is 4.79 Å². The van der Waals surface area contributed by atoms with Gasteiger partial charge < -0.3 is 19.5 Å². The topological polar surface area (TPSA) is 69.7 Å². The number of hydrogen-bond donors (Lipinski definition) is 1. The Bertz CT molecular complexity index is 891. The molecule has 1 aromatic heterocycles. The van der Waals surface area contributed by atoms with Gasteiger partial charge in [-0.25, -0.2) is 4.98 Å². The van der Waals surface area contributed by atoms with Gasteiger partial charge in [0.2, 0.25) is 5.91 Å². The van der Waals surface area contributed by atoms with Gasteiger partial charge in [-0.05, 0) is 48.8 Å². The zero-order chi connectivity index (χ0) is 27.1. The van der Waals surface area contributed by atoms with Crippen LogP contribution in [-0.4, -0.2) is 44.9 Å². The molecule has 0 unspecified atom stereocenters. The van der Waals surface area contributed by atoms with E-state index >= 15 is 0 Å². The Kier molecular flexibility index (Phi) is 14.0. The second-order valence-corrected chi connectivity index (χ2v) is 11.4. The van der Waals surface area contributed by atoms with Gasteiger partial charge in [-0.1, -0.05) is 53.0 Å². The first-order valence-corrected chi connectivity index (χ1v) is 14.7. The molecule has 7 heteroatoms. The molecule has 208 valence electrons. The van der Waals surface area contributed by atoms with Crippen molar-refractivity contribution in [2.24, 2.45) is 17.3 Å². The number of hydrogen-bond acceptors (Lipinski definition) is 6. The van der Waals surface area contributed by atoms with Gasteiger partial charge in [-0.15, -0.1) is 11.3 Å². The summed E-state index contributed by atoms with van der Waals surface area (Å²) in [5.41, 5.74) is 0.925. The first kappa shape index (κ1) is 31.1. The maximum atomic E-state index is 13.4. The molecule has 6 nitrogen and oxygen atoms in total. The predicted molar refractivity (Wildman–Crippen MR) is 153 cm³/mol. The summed E-state index contributed by atoms with van der Waals surface area (Å²) in [5, 5.41) is 6.29. The average molecular weight is 533 g/mol. The fourth-order valence-electron chi connectivity index (χ4n) is 5.18. The molecule has 0 aliphatic heterocycles. The molecular weight excluding hydrogens is 484 g/mol. The minimum absolute atomic E-state index is 0.199. The Morgan fingerprint density at radius 3 is 2.38 bits per heavy atom. The van der Waals surface area contributed by atoms with Crippen LogP contribution in [0.1, 0.15) is 76.8 Å². The molecule has 0 aliphatic carbocycles. The van der Waals surface area contributed by atoms with Gasteiger partial charge in [0.05, 0.1) is 24.1 Å². The summed E-state index contributed by atoms with van der Waals surface area (Å²) in [6, 6.07) is 6.22. The lowest BCUT2D eigenvalue weighted by Gasteiger charge is -2.40. The number of carbonyl (C=O) groups is 1. The van der Waals surface area contributed by atoms with Crippen molar-refractivity contribution in [3.05, 3.63) is 40.3 Å². The number of thiazole rings is 1. The molecule has 2 aromatic rings. The fourth-order valence-corrected chi connectivity index (χ4v) is 5.80. The van der Waals surface area contributed by atoms with Crippen LogP contribution >= 0.6 is 11.3 Å². The van der Waals surface area contributed by atoms with Crippen LogP contribution in [0.4, 0.5) is 0 Å². The highest BCUT2D eigenvalue weighted by Gasteiger charge is 2.43. The molecule has 1 heterocycles. The van der Waals surface area contributed by atoms with Crippen molar-refractivity contribution < 1.29 is 19.0 Å². The van der Waals surface area contributed by atoms with Gasteiger partial charge in [0.1, 0.15) is 0 Å². The molecule has 0 saturated heterocycles. The molecule has 0 aliphatic rings. The number of unbranched alkanes of at least 4 members (excludes halogenated alkanes) is 3. The number of carbonyl (C=O) groups excluding carboxylic acids is 1. The number of amides is 1. The maximum Gasteiger partial charge on any atom is 0.226 e. The Labute approximate surface area is 228 Å². The molecule has 0 bridgehead atoms. The second kappa shape index (κ2) is 16.7. The van der Waals surface area contributed by atoms with E-state index < -0.39 is 0 Å². The number of nitrogens with zero attached hydrogens (tertiary/aromatic N) is 1. The van der Waals surface area contributed by atoms with Crippen molar-refractivity contribution in [3.63, 3.8) is 0 Å². The van der Waals surface area contributed by atoms with Crippen LogP contribution in [0.25, 0.3) is 0 Å². The quantitative estimate of drug-likeness (QED) is 0.203. The number of rotatable bonds is 19. The van der Waals surface area contributed by atoms with E-state index in [1.165, 1.54) is 5.56 Å². The Morgan fingerprint density at radius 2 is 1.73 bits per heavy atom. The summed E-state index contributed by atoms with van der Waals surface area (Å²) in [7, 11) is 3.37. The molecule has 0 fully saturated rings. The molecular formula is C30H48N2O4S. The summed E-state index contributed by atoms with van der Waals surface area (Å²) in [6.45, 7) is 10.7. The molecule has 1 amide bonds. The van der Waals surface area contributed by atoms with Crippen LogP contribution in [0.15, 0.2) is 29.8 Å². The van der Waals surface area contributed by atoms with Crippen LogP contribution in [0.2, 0.25) is 0 Å². The lowest BCUT2D eigenvalue weighted by atomic mass is 9.65. The third kappa shape index (κ3) is 9.60. The van der Waals surface area contributed by atoms with Gasteiger partial charge in [0, 0.05) is 44.7 Å². The number of ether oxygens (including phenoxy) is 3. The molecule has 1 N–H and O–H groups in total. The van der Waals surface area contributed by atoms with Crippen LogP contribution in [0.5, 0.6) is 11.5 Å². The second-order valence-electron chi connectivity index (χ2n) is 10.4. The molecule has 0 spiro atoms. The van der Waals surface area contributed by atoms with Crippen LogP contribution in [-0.2, 0) is 22.4 Å². The van der Waals surface area contributed by atoms with Crippen molar-refractivity contribution in [1.29, 1.82) is 0 Å². The largest absolute Gasteiger partial charge is 0.493 e. The number of benzene rings is 1. The molecule has 1 aromatic carbocycles. The normalized spacial score (nSPS) is 11.8. The third-order valence-corrected chi connectivity index (χ3v) is 8.21. The number of methoxy groups -OCH3 is 2. The highest BCUT2D eigenvalue weighted by atomic mass is 32.1. The number of aryl methyl sites for hydroxylation is 1. The number of nitrogens with one attached hydrogen (secondary N) is 1. The summed E-state index contributed by atoms with van der Waals surface area (Å²) in [4.78, 5) is 17.7. The van der Waals surface area contributed by atoms with E-state index in [4.69, 9.17) is 14.2 Å². The van der Waals surface area contributed by atoms with Crippen molar-refractivity contribution in [3.8, 4) is 11.5 Å². The van der Waals surface area contributed by atoms with E-state index in [1.807, 2.05) is 17.6 Å². The lowest BCUT2D eigenvalue weighted by molar-refractivity contribution is -0.137. The Morgan fingerprint density at radius 1 is 0.973 bits per heavy atom. The Hall–Kier alpha value is -2.12. The fraction of sp³-hybridized carbons (Fsp3) is 0.667. The monoisotopic (exact) mass is 532 g/mol. The summed E-state index contributed by atoms with van der Waals surface area (Å²) >= 11 is 1.64. The Balaban J connectivity index is 1.82. The third-order valence-electron chi connectivity index (χ3n) is 7.38. The standard InChI is InChI=1S/C30H48N2O4S/c1-23(2)30(24(3)4,29(33)32-17-15-28-31-18-21-37-28)16-10-8-7-9-12-25-13-14-26(35-6)27(22-25)36-20-11-19-34-5/h13-14,18,21-24H,7-12,15-17,19-20H2,1-6H3,(H,32,33). The minimum atomic E-state index is -0.339. The molecule has 37 heavy (non-hydrogen) atoms. The summed E-state index contributed by atoms with van der Waals surface area (Å²) < 4.78 is 16.5. The molecule has 0 atom stereocenters. The SMILES string of the molecule is COCCCOc1cc(CCCCCCC(C(=O)NCCc2nccs2)(C(C)C)C(C)C)ccc1OC. The van der Waals surface area contributed by atoms with Gasteiger partial charge in [0.15, 0.2) is 11.5 Å². The molecule has 0 saturated carbocycles. The summed E-state index contributed by atoms with van der Waals surface area (Å²) in [5.74, 6) is 2.34. The van der Waals surface area contributed by atoms with Crippen molar-refractivity contribution >= 4 is 17.2 Å². The first-order valence-electron chi connectivity index (χ1n) is 13.8. The minimum Gasteiger partial charge on any atom is -0.493 e. The van der Waals surface area contributed by atoms with E-state index in [2.05, 4.69) is 50.1 Å².